The first kappa shape index (κ1) is 24.0. The van der Waals surface area contributed by atoms with Crippen LogP contribution < -0.4 is 4.90 Å². The average molecular weight is 470 g/mol. The molecule has 32 heavy (non-hydrogen) atoms. The van der Waals surface area contributed by atoms with Crippen molar-refractivity contribution in [2.75, 3.05) is 37.6 Å². The minimum Gasteiger partial charge on any atom is -0.369 e. The SMILES string of the molecule is Cl.Cl.N#Cc1ccc2[nH]cc(CCCCN3CCN(c4ccc5[nH]ccc5c4)CC3)c2c1. The number of hydrogen-bond acceptors (Lipinski definition) is 3. The van der Waals surface area contributed by atoms with Crippen LogP contribution in [0.1, 0.15) is 24.0 Å². The number of nitrogens with one attached hydrogen (secondary N) is 2. The average Bonchev–Trinajstić information content (AvgIpc) is 3.43. The highest BCUT2D eigenvalue weighted by molar-refractivity contribution is 5.86. The molecule has 0 unspecified atom stereocenters. The topological polar surface area (TPSA) is 61.9 Å². The number of rotatable bonds is 6. The Balaban J connectivity index is 0.00000144. The van der Waals surface area contributed by atoms with E-state index in [9.17, 15) is 0 Å². The van der Waals surface area contributed by atoms with Crippen LogP contribution in [0.3, 0.4) is 0 Å². The number of nitriles is 1. The monoisotopic (exact) mass is 469 g/mol. The molecular weight excluding hydrogens is 441 g/mol. The van der Waals surface area contributed by atoms with E-state index in [-0.39, 0.29) is 24.8 Å². The van der Waals surface area contributed by atoms with Crippen LogP contribution in [0.15, 0.2) is 54.9 Å². The highest BCUT2D eigenvalue weighted by atomic mass is 35.5. The number of nitrogens with zero attached hydrogens (tertiary/aromatic N) is 3. The van der Waals surface area contributed by atoms with Crippen molar-refractivity contribution >= 4 is 52.3 Å². The van der Waals surface area contributed by atoms with Crippen molar-refractivity contribution < 1.29 is 0 Å². The molecule has 1 aliphatic heterocycles. The number of anilines is 1. The van der Waals surface area contributed by atoms with E-state index in [0.29, 0.717) is 0 Å². The van der Waals surface area contributed by atoms with Gasteiger partial charge >= 0.3 is 0 Å². The van der Waals surface area contributed by atoms with Crippen molar-refractivity contribution in [2.24, 2.45) is 0 Å². The maximum atomic E-state index is 9.14. The first-order valence-corrected chi connectivity index (χ1v) is 10.8. The van der Waals surface area contributed by atoms with Gasteiger partial charge in [-0.2, -0.15) is 5.26 Å². The van der Waals surface area contributed by atoms with Gasteiger partial charge in [0.05, 0.1) is 11.6 Å². The van der Waals surface area contributed by atoms with E-state index in [1.54, 1.807) is 0 Å². The summed E-state index contributed by atoms with van der Waals surface area (Å²) < 4.78 is 0. The molecule has 5 rings (SSSR count). The molecule has 168 valence electrons. The molecule has 4 aromatic rings. The van der Waals surface area contributed by atoms with Crippen LogP contribution in [0.4, 0.5) is 5.69 Å². The lowest BCUT2D eigenvalue weighted by molar-refractivity contribution is 0.253. The second-order valence-electron chi connectivity index (χ2n) is 8.22. The van der Waals surface area contributed by atoms with Crippen molar-refractivity contribution in [3.05, 3.63) is 66.0 Å². The smallest absolute Gasteiger partial charge is 0.0991 e. The van der Waals surface area contributed by atoms with Crippen molar-refractivity contribution in [2.45, 2.75) is 19.3 Å². The van der Waals surface area contributed by atoms with E-state index >= 15 is 0 Å². The molecule has 1 aliphatic rings. The summed E-state index contributed by atoms with van der Waals surface area (Å²) in [5.41, 5.74) is 5.72. The molecule has 5 nitrogen and oxygen atoms in total. The van der Waals surface area contributed by atoms with Crippen LogP contribution in [-0.4, -0.2) is 47.6 Å². The Labute approximate surface area is 201 Å². The maximum absolute atomic E-state index is 9.14. The highest BCUT2D eigenvalue weighted by Crippen LogP contribution is 2.23. The largest absolute Gasteiger partial charge is 0.369 e. The van der Waals surface area contributed by atoms with Crippen molar-refractivity contribution in [3.63, 3.8) is 0 Å². The van der Waals surface area contributed by atoms with Crippen LogP contribution in [-0.2, 0) is 6.42 Å². The zero-order valence-corrected chi connectivity index (χ0v) is 19.6. The number of aromatic amines is 2. The molecule has 0 amide bonds. The fraction of sp³-hybridized carbons (Fsp3) is 0.320. The van der Waals surface area contributed by atoms with E-state index in [4.69, 9.17) is 5.26 Å². The van der Waals surface area contributed by atoms with Gasteiger partial charge in [0.2, 0.25) is 0 Å². The summed E-state index contributed by atoms with van der Waals surface area (Å²) in [7, 11) is 0. The summed E-state index contributed by atoms with van der Waals surface area (Å²) in [5.74, 6) is 0. The number of benzene rings is 2. The van der Waals surface area contributed by atoms with Gasteiger partial charge in [0.1, 0.15) is 0 Å². The summed E-state index contributed by atoms with van der Waals surface area (Å²) in [6.45, 7) is 5.61. The number of piperazine rings is 1. The van der Waals surface area contributed by atoms with E-state index in [2.05, 4.69) is 56.3 Å². The predicted octanol–water partition coefficient (Wildman–Crippen LogP) is 5.51. The predicted molar refractivity (Wildman–Crippen MR) is 137 cm³/mol. The lowest BCUT2D eigenvalue weighted by atomic mass is 10.1. The second-order valence-corrected chi connectivity index (χ2v) is 8.22. The molecule has 0 aliphatic carbocycles. The number of aromatic nitrogens is 2. The Hall–Kier alpha value is -2.65. The summed E-state index contributed by atoms with van der Waals surface area (Å²) >= 11 is 0. The van der Waals surface area contributed by atoms with Gasteiger partial charge < -0.3 is 14.9 Å². The van der Waals surface area contributed by atoms with Crippen LogP contribution in [0, 0.1) is 11.3 Å². The molecule has 7 heteroatoms. The van der Waals surface area contributed by atoms with E-state index in [0.717, 1.165) is 50.2 Å². The maximum Gasteiger partial charge on any atom is 0.0991 e. The quantitative estimate of drug-likeness (QED) is 0.366. The number of hydrogen-bond donors (Lipinski definition) is 2. The number of aryl methyl sites for hydroxylation is 1. The number of halogens is 2. The Bertz CT molecular complexity index is 1200. The van der Waals surface area contributed by atoms with Crippen LogP contribution in [0.25, 0.3) is 21.8 Å². The third kappa shape index (κ3) is 5.05. The lowest BCUT2D eigenvalue weighted by Crippen LogP contribution is -2.46. The molecule has 0 atom stereocenters. The van der Waals surface area contributed by atoms with Gasteiger partial charge in [0.15, 0.2) is 0 Å². The van der Waals surface area contributed by atoms with Gasteiger partial charge in [-0.15, -0.1) is 24.8 Å². The third-order valence-electron chi connectivity index (χ3n) is 6.34. The van der Waals surface area contributed by atoms with Crippen LogP contribution in [0.2, 0.25) is 0 Å². The minimum atomic E-state index is 0. The normalized spacial score (nSPS) is 14.2. The van der Waals surface area contributed by atoms with E-state index in [1.807, 2.05) is 24.4 Å². The van der Waals surface area contributed by atoms with E-state index < -0.39 is 0 Å². The molecular formula is C25H29Cl2N5. The molecule has 2 aromatic heterocycles. The molecule has 0 spiro atoms. The molecule has 2 N–H and O–H groups in total. The first-order chi connectivity index (χ1) is 14.8. The van der Waals surface area contributed by atoms with Gasteiger partial charge in [0, 0.05) is 66.1 Å². The standard InChI is InChI=1S/C25H27N5.2ClH/c26-17-19-4-6-25-23(15-19)21(18-28-25)3-1-2-10-29-11-13-30(14-12-29)22-5-7-24-20(16-22)8-9-27-24;;/h4-9,15-16,18,27-28H,1-3,10-14H2;2*1H. The van der Waals surface area contributed by atoms with Crippen molar-refractivity contribution in [3.8, 4) is 6.07 Å². The Morgan fingerprint density at radius 3 is 2.50 bits per heavy atom. The number of unbranched alkanes of at least 4 members (excludes halogenated alkanes) is 1. The van der Waals surface area contributed by atoms with E-state index in [1.165, 1.54) is 40.4 Å². The molecule has 3 heterocycles. The summed E-state index contributed by atoms with van der Waals surface area (Å²) in [6, 6.07) is 17.0. The molecule has 2 aromatic carbocycles. The number of fused-ring (bicyclic) bond motifs is 2. The Morgan fingerprint density at radius 1 is 0.875 bits per heavy atom. The van der Waals surface area contributed by atoms with Crippen molar-refractivity contribution in [1.29, 1.82) is 5.26 Å². The summed E-state index contributed by atoms with van der Waals surface area (Å²) in [5, 5.41) is 11.6. The minimum absolute atomic E-state index is 0. The lowest BCUT2D eigenvalue weighted by Gasteiger charge is -2.36. The molecule has 1 saturated heterocycles. The van der Waals surface area contributed by atoms with Gasteiger partial charge in [0.25, 0.3) is 0 Å². The van der Waals surface area contributed by atoms with Gasteiger partial charge in [-0.3, -0.25) is 4.90 Å². The molecule has 0 saturated carbocycles. The highest BCUT2D eigenvalue weighted by Gasteiger charge is 2.17. The molecule has 0 radical (unpaired) electrons. The van der Waals surface area contributed by atoms with Gasteiger partial charge in [-0.05, 0) is 73.8 Å². The Morgan fingerprint density at radius 2 is 1.69 bits per heavy atom. The summed E-state index contributed by atoms with van der Waals surface area (Å²) in [6.07, 6.45) is 7.55. The van der Waals surface area contributed by atoms with Crippen molar-refractivity contribution in [1.82, 2.24) is 14.9 Å². The van der Waals surface area contributed by atoms with Gasteiger partial charge in [-0.1, -0.05) is 0 Å². The van der Waals surface area contributed by atoms with Crippen LogP contribution in [0.5, 0.6) is 0 Å². The third-order valence-corrected chi connectivity index (χ3v) is 6.34. The molecule has 1 fully saturated rings. The zero-order valence-electron chi connectivity index (χ0n) is 18.0. The zero-order chi connectivity index (χ0) is 20.3. The molecule has 0 bridgehead atoms. The number of H-pyrrole nitrogens is 2. The van der Waals surface area contributed by atoms with Gasteiger partial charge in [-0.25, -0.2) is 0 Å². The Kier molecular flexibility index (Phi) is 8.09. The second kappa shape index (κ2) is 10.8. The fourth-order valence-electron chi connectivity index (χ4n) is 4.57. The first-order valence-electron chi connectivity index (χ1n) is 10.8. The summed E-state index contributed by atoms with van der Waals surface area (Å²) in [4.78, 5) is 11.7. The fourth-order valence-corrected chi connectivity index (χ4v) is 4.57. The van der Waals surface area contributed by atoms with Crippen LogP contribution >= 0.6 is 24.8 Å².